The maximum absolute atomic E-state index is 11.3. The fourth-order valence-electron chi connectivity index (χ4n) is 1.12. The quantitative estimate of drug-likeness (QED) is 0.321. The molecule has 0 bridgehead atoms. The first-order valence-corrected chi connectivity index (χ1v) is 4.07. The van der Waals surface area contributed by atoms with E-state index in [2.05, 4.69) is 0 Å². The van der Waals surface area contributed by atoms with E-state index in [0.29, 0.717) is 26.3 Å². The minimum absolute atomic E-state index is 0.179. The van der Waals surface area contributed by atoms with Gasteiger partial charge in [0, 0.05) is 13.1 Å². The number of rotatable bonds is 3. The zero-order valence-electron chi connectivity index (χ0n) is 7.19. The van der Waals surface area contributed by atoms with E-state index in [-0.39, 0.29) is 18.6 Å². The molecule has 0 radical (unpaired) electrons. The third kappa shape index (κ3) is 2.95. The monoisotopic (exact) mass is 185 g/mol. The summed E-state index contributed by atoms with van der Waals surface area (Å²) < 4.78 is 5.03. The van der Waals surface area contributed by atoms with Gasteiger partial charge in [-0.3, -0.25) is 14.4 Å². The van der Waals surface area contributed by atoms with Crippen molar-refractivity contribution in [2.45, 2.75) is 6.42 Å². The molecule has 1 fully saturated rings. The Morgan fingerprint density at radius 3 is 2.46 bits per heavy atom. The number of amides is 1. The molecule has 0 aromatic carbocycles. The van der Waals surface area contributed by atoms with Crippen LogP contribution in [0.4, 0.5) is 0 Å². The summed E-state index contributed by atoms with van der Waals surface area (Å²) in [6.07, 6.45) is -0.137. The molecule has 5 heteroatoms. The highest BCUT2D eigenvalue weighted by Gasteiger charge is 2.18. The van der Waals surface area contributed by atoms with Gasteiger partial charge in [-0.2, -0.15) is 0 Å². The number of hydrogen-bond acceptors (Lipinski definition) is 4. The Kier molecular flexibility index (Phi) is 3.57. The van der Waals surface area contributed by atoms with Gasteiger partial charge in [-0.1, -0.05) is 0 Å². The molecule has 0 atom stereocenters. The van der Waals surface area contributed by atoms with Crippen molar-refractivity contribution in [3.63, 3.8) is 0 Å². The van der Waals surface area contributed by atoms with Gasteiger partial charge >= 0.3 is 0 Å². The molecule has 1 rings (SSSR count). The predicted octanol–water partition coefficient (Wildman–Crippen LogP) is -0.997. The number of carbonyl (C=O) groups is 3. The third-order valence-electron chi connectivity index (χ3n) is 1.82. The standard InChI is InChI=1S/C8H11NO4/c10-6-7(11)5-8(12)9-1-3-13-4-2-9/h6H,1-5H2. The van der Waals surface area contributed by atoms with Gasteiger partial charge in [0.05, 0.1) is 19.6 Å². The second-order valence-electron chi connectivity index (χ2n) is 2.75. The van der Waals surface area contributed by atoms with Crippen LogP contribution in [0.5, 0.6) is 0 Å². The lowest BCUT2D eigenvalue weighted by atomic mass is 10.2. The van der Waals surface area contributed by atoms with E-state index in [9.17, 15) is 14.4 Å². The molecular weight excluding hydrogens is 174 g/mol. The molecule has 1 aliphatic rings. The number of nitrogens with zero attached hydrogens (tertiary/aromatic N) is 1. The summed E-state index contributed by atoms with van der Waals surface area (Å²) in [6.45, 7) is 2.01. The smallest absolute Gasteiger partial charge is 0.230 e. The van der Waals surface area contributed by atoms with Crippen LogP contribution in [0.2, 0.25) is 0 Å². The van der Waals surface area contributed by atoms with Crippen LogP contribution in [-0.4, -0.2) is 49.2 Å². The van der Waals surface area contributed by atoms with E-state index in [1.807, 2.05) is 0 Å². The summed E-state index contributed by atoms with van der Waals surface area (Å²) in [4.78, 5) is 33.4. The Morgan fingerprint density at radius 1 is 1.31 bits per heavy atom. The molecule has 0 N–H and O–H groups in total. The summed E-state index contributed by atoms with van der Waals surface area (Å²) in [5.74, 6) is -0.961. The number of ketones is 1. The number of hydrogen-bond donors (Lipinski definition) is 0. The van der Waals surface area contributed by atoms with E-state index < -0.39 is 5.78 Å². The summed E-state index contributed by atoms with van der Waals surface area (Å²) >= 11 is 0. The third-order valence-corrected chi connectivity index (χ3v) is 1.82. The molecule has 72 valence electrons. The van der Waals surface area contributed by atoms with E-state index in [0.717, 1.165) is 0 Å². The zero-order chi connectivity index (χ0) is 9.68. The minimum atomic E-state index is -0.670. The fourth-order valence-corrected chi connectivity index (χ4v) is 1.12. The molecule has 0 unspecified atom stereocenters. The summed E-state index contributed by atoms with van der Waals surface area (Å²) in [5.41, 5.74) is 0. The van der Waals surface area contributed by atoms with E-state index >= 15 is 0 Å². The molecule has 5 nitrogen and oxygen atoms in total. The van der Waals surface area contributed by atoms with E-state index in [4.69, 9.17) is 4.74 Å². The molecule has 0 saturated carbocycles. The Balaban J connectivity index is 2.37. The van der Waals surface area contributed by atoms with E-state index in [1.54, 1.807) is 0 Å². The molecule has 0 spiro atoms. The summed E-state index contributed by atoms with van der Waals surface area (Å²) in [6, 6.07) is 0. The fraction of sp³-hybridized carbons (Fsp3) is 0.625. The van der Waals surface area contributed by atoms with Gasteiger partial charge in [-0.05, 0) is 0 Å². The van der Waals surface area contributed by atoms with Gasteiger partial charge < -0.3 is 9.64 Å². The lowest BCUT2D eigenvalue weighted by Gasteiger charge is -2.26. The molecule has 0 aromatic heterocycles. The van der Waals surface area contributed by atoms with Gasteiger partial charge in [-0.25, -0.2) is 0 Å². The SMILES string of the molecule is O=CC(=O)CC(=O)N1CCOCC1. The summed E-state index contributed by atoms with van der Waals surface area (Å²) in [5, 5.41) is 0. The van der Waals surface area contributed by atoms with Crippen molar-refractivity contribution in [3.8, 4) is 0 Å². The predicted molar refractivity (Wildman–Crippen MR) is 43.1 cm³/mol. The van der Waals surface area contributed by atoms with Gasteiger partial charge in [0.2, 0.25) is 11.7 Å². The number of morpholine rings is 1. The molecule has 0 aromatic rings. The van der Waals surface area contributed by atoms with Gasteiger partial charge in [0.1, 0.15) is 0 Å². The van der Waals surface area contributed by atoms with Crippen molar-refractivity contribution < 1.29 is 19.1 Å². The van der Waals surface area contributed by atoms with Gasteiger partial charge in [0.25, 0.3) is 0 Å². The van der Waals surface area contributed by atoms with Crippen LogP contribution in [0.15, 0.2) is 0 Å². The number of Topliss-reactive ketones (excluding diaryl/α,β-unsaturated/α-hetero) is 1. The highest BCUT2D eigenvalue weighted by Crippen LogP contribution is 1.99. The lowest BCUT2D eigenvalue weighted by molar-refractivity contribution is -0.140. The largest absolute Gasteiger partial charge is 0.378 e. The van der Waals surface area contributed by atoms with Crippen LogP contribution in [0.25, 0.3) is 0 Å². The van der Waals surface area contributed by atoms with Crippen molar-refractivity contribution in [2.75, 3.05) is 26.3 Å². The molecule has 0 aliphatic carbocycles. The highest BCUT2D eigenvalue weighted by molar-refractivity contribution is 6.29. The van der Waals surface area contributed by atoms with E-state index in [1.165, 1.54) is 4.90 Å². The number of aldehydes is 1. The number of carbonyl (C=O) groups excluding carboxylic acids is 3. The van der Waals surface area contributed by atoms with Crippen LogP contribution in [-0.2, 0) is 19.1 Å². The van der Waals surface area contributed by atoms with Crippen LogP contribution in [0.3, 0.4) is 0 Å². The van der Waals surface area contributed by atoms with Crippen molar-refractivity contribution >= 4 is 18.0 Å². The Hall–Kier alpha value is -1.23. The van der Waals surface area contributed by atoms with Gasteiger partial charge in [-0.15, -0.1) is 0 Å². The number of ether oxygens (including phenoxy) is 1. The van der Waals surface area contributed by atoms with Crippen LogP contribution >= 0.6 is 0 Å². The molecular formula is C8H11NO4. The first kappa shape index (κ1) is 9.85. The average Bonchev–Trinajstić information content (AvgIpc) is 2.19. The van der Waals surface area contributed by atoms with Crippen LogP contribution in [0, 0.1) is 0 Å². The van der Waals surface area contributed by atoms with Gasteiger partial charge in [0.15, 0.2) is 6.29 Å². The first-order chi connectivity index (χ1) is 6.24. The van der Waals surface area contributed by atoms with Crippen LogP contribution < -0.4 is 0 Å². The average molecular weight is 185 g/mol. The zero-order valence-corrected chi connectivity index (χ0v) is 7.19. The highest BCUT2D eigenvalue weighted by atomic mass is 16.5. The first-order valence-electron chi connectivity index (χ1n) is 4.07. The lowest BCUT2D eigenvalue weighted by Crippen LogP contribution is -2.41. The second-order valence-corrected chi connectivity index (χ2v) is 2.75. The Bertz CT molecular complexity index is 220. The molecule has 1 aliphatic heterocycles. The molecule has 1 heterocycles. The van der Waals surface area contributed by atoms with Crippen molar-refractivity contribution in [3.05, 3.63) is 0 Å². The Morgan fingerprint density at radius 2 is 1.92 bits per heavy atom. The van der Waals surface area contributed by atoms with Crippen molar-refractivity contribution in [1.29, 1.82) is 0 Å². The minimum Gasteiger partial charge on any atom is -0.378 e. The molecule has 1 saturated heterocycles. The van der Waals surface area contributed by atoms with Crippen LogP contribution in [0.1, 0.15) is 6.42 Å². The molecule has 13 heavy (non-hydrogen) atoms. The maximum atomic E-state index is 11.3. The summed E-state index contributed by atoms with van der Waals surface area (Å²) in [7, 11) is 0. The molecule has 1 amide bonds. The van der Waals surface area contributed by atoms with Crippen molar-refractivity contribution in [1.82, 2.24) is 4.90 Å². The van der Waals surface area contributed by atoms with Crippen molar-refractivity contribution in [2.24, 2.45) is 0 Å². The maximum Gasteiger partial charge on any atom is 0.230 e. The Labute approximate surface area is 75.6 Å². The normalized spacial score (nSPS) is 16.8. The topological polar surface area (TPSA) is 63.7 Å². The second kappa shape index (κ2) is 4.71.